The molecule has 1 aliphatic heterocycles. The molecule has 1 aromatic carbocycles. The van der Waals surface area contributed by atoms with E-state index in [4.69, 9.17) is 21.1 Å². The van der Waals surface area contributed by atoms with Gasteiger partial charge in [-0.15, -0.1) is 0 Å². The van der Waals surface area contributed by atoms with E-state index < -0.39 is 22.0 Å². The minimum Gasteiger partial charge on any atom is -0.487 e. The van der Waals surface area contributed by atoms with Crippen LogP contribution in [-0.4, -0.2) is 39.6 Å². The molecule has 2 heterocycles. The van der Waals surface area contributed by atoms with Crippen molar-refractivity contribution in [3.63, 3.8) is 0 Å². The molecule has 0 radical (unpaired) electrons. The van der Waals surface area contributed by atoms with Gasteiger partial charge in [0.1, 0.15) is 18.0 Å². The number of halogens is 2. The summed E-state index contributed by atoms with van der Waals surface area (Å²) in [4.78, 5) is 28.3. The summed E-state index contributed by atoms with van der Waals surface area (Å²) < 4.78 is 24.7. The number of rotatable bonds is 5. The van der Waals surface area contributed by atoms with Crippen LogP contribution in [-0.2, 0) is 11.3 Å². The Morgan fingerprint density at radius 1 is 1.36 bits per heavy atom. The maximum Gasteiger partial charge on any atom is 0.410 e. The van der Waals surface area contributed by atoms with Gasteiger partial charge in [0, 0.05) is 31.4 Å². The first-order chi connectivity index (χ1) is 15.4. The second-order valence-electron chi connectivity index (χ2n) is 8.76. The zero-order valence-electron chi connectivity index (χ0n) is 18.8. The highest BCUT2D eigenvalue weighted by Gasteiger charge is 2.27. The van der Waals surface area contributed by atoms with Crippen molar-refractivity contribution < 1.29 is 23.6 Å². The number of carbonyl (C=O) groups excluding carboxylic acids is 1. The van der Waals surface area contributed by atoms with Crippen molar-refractivity contribution in [1.29, 1.82) is 0 Å². The van der Waals surface area contributed by atoms with Crippen molar-refractivity contribution in [3.05, 3.63) is 68.7 Å². The average molecular weight is 478 g/mol. The first kappa shape index (κ1) is 24.4. The maximum atomic E-state index is 13.8. The van der Waals surface area contributed by atoms with Crippen LogP contribution in [0.2, 0.25) is 5.02 Å². The molecule has 1 amide bonds. The summed E-state index contributed by atoms with van der Waals surface area (Å²) in [6.45, 7) is 8.40. The van der Waals surface area contributed by atoms with Crippen LogP contribution >= 0.6 is 11.6 Å². The minimum atomic E-state index is -0.981. The summed E-state index contributed by atoms with van der Waals surface area (Å²) in [6, 6.07) is 5.08. The molecule has 10 heteroatoms. The zero-order valence-corrected chi connectivity index (χ0v) is 19.6. The van der Waals surface area contributed by atoms with Crippen LogP contribution in [0.4, 0.5) is 14.9 Å². The summed E-state index contributed by atoms with van der Waals surface area (Å²) in [6.07, 6.45) is 3.28. The maximum absolute atomic E-state index is 13.8. The molecule has 0 saturated heterocycles. The van der Waals surface area contributed by atoms with E-state index in [1.807, 2.05) is 33.8 Å². The third-order valence-corrected chi connectivity index (χ3v) is 5.28. The molecule has 2 aromatic rings. The predicted octanol–water partition coefficient (Wildman–Crippen LogP) is 5.63. The summed E-state index contributed by atoms with van der Waals surface area (Å²) in [5.41, 5.74) is 1.12. The van der Waals surface area contributed by atoms with E-state index in [1.165, 1.54) is 6.07 Å². The van der Waals surface area contributed by atoms with Gasteiger partial charge in [-0.3, -0.25) is 15.1 Å². The van der Waals surface area contributed by atoms with E-state index in [9.17, 15) is 19.3 Å². The summed E-state index contributed by atoms with van der Waals surface area (Å²) in [5, 5.41) is 11.1. The van der Waals surface area contributed by atoms with Gasteiger partial charge in [0.15, 0.2) is 0 Å². The van der Waals surface area contributed by atoms with E-state index in [0.717, 1.165) is 23.3 Å². The number of amides is 1. The highest BCUT2D eigenvalue weighted by atomic mass is 35.5. The first-order valence-electron chi connectivity index (χ1n) is 10.3. The Kier molecular flexibility index (Phi) is 7.22. The van der Waals surface area contributed by atoms with Gasteiger partial charge in [0.25, 0.3) is 0 Å². The molecular weight excluding hydrogens is 453 g/mol. The van der Waals surface area contributed by atoms with E-state index in [1.54, 1.807) is 17.2 Å². The molecule has 33 heavy (non-hydrogen) atoms. The number of nitro benzene ring substituents is 1. The quantitative estimate of drug-likeness (QED) is 0.409. The van der Waals surface area contributed by atoms with Gasteiger partial charge in [-0.25, -0.2) is 4.79 Å². The van der Waals surface area contributed by atoms with Crippen molar-refractivity contribution in [3.8, 4) is 5.75 Å². The fourth-order valence-electron chi connectivity index (χ4n) is 3.40. The molecular formula is C23H25ClFN3O5. The molecule has 1 aromatic heterocycles. The van der Waals surface area contributed by atoms with Gasteiger partial charge < -0.3 is 14.4 Å². The fourth-order valence-corrected chi connectivity index (χ4v) is 3.62. The summed E-state index contributed by atoms with van der Waals surface area (Å²) >= 11 is 6.39. The van der Waals surface area contributed by atoms with E-state index in [2.05, 4.69) is 4.98 Å². The van der Waals surface area contributed by atoms with Crippen LogP contribution in [0.1, 0.15) is 39.0 Å². The molecule has 176 valence electrons. The standard InChI is InChI=1S/C23H25ClFN3O5/c1-14-12-27(22(29)33-23(2,3)4)8-7-17(14)15-9-18(24)20(26-11-15)13-32-16-5-6-21(28(30)31)19(25)10-16/h5-7,9-11,14H,8,12-13H2,1-4H3. The third-order valence-electron chi connectivity index (χ3n) is 4.95. The van der Waals surface area contributed by atoms with Crippen molar-refractivity contribution >= 4 is 29.0 Å². The molecule has 1 atom stereocenters. The summed E-state index contributed by atoms with van der Waals surface area (Å²) in [5.74, 6) is -0.800. The largest absolute Gasteiger partial charge is 0.487 e. The molecule has 0 fully saturated rings. The van der Waals surface area contributed by atoms with Crippen LogP contribution < -0.4 is 4.74 Å². The number of nitrogens with zero attached hydrogens (tertiary/aromatic N) is 3. The number of hydrogen-bond acceptors (Lipinski definition) is 6. The van der Waals surface area contributed by atoms with Gasteiger partial charge >= 0.3 is 11.8 Å². The number of benzene rings is 1. The van der Waals surface area contributed by atoms with Crippen molar-refractivity contribution in [2.45, 2.75) is 39.9 Å². The topological polar surface area (TPSA) is 94.8 Å². The molecule has 0 N–H and O–H groups in total. The van der Waals surface area contributed by atoms with E-state index in [-0.39, 0.29) is 24.4 Å². The molecule has 0 bridgehead atoms. The number of hydrogen-bond donors (Lipinski definition) is 0. The highest BCUT2D eigenvalue weighted by molar-refractivity contribution is 6.31. The summed E-state index contributed by atoms with van der Waals surface area (Å²) in [7, 11) is 0. The molecule has 8 nitrogen and oxygen atoms in total. The Bertz CT molecular complexity index is 1100. The Labute approximate surface area is 196 Å². The van der Waals surface area contributed by atoms with Crippen LogP contribution in [0, 0.1) is 21.8 Å². The van der Waals surface area contributed by atoms with Gasteiger partial charge in [-0.2, -0.15) is 4.39 Å². The average Bonchev–Trinajstić information content (AvgIpc) is 2.71. The lowest BCUT2D eigenvalue weighted by Crippen LogP contribution is -2.41. The van der Waals surface area contributed by atoms with Crippen LogP contribution in [0.3, 0.4) is 0 Å². The minimum absolute atomic E-state index is 0.0304. The second-order valence-corrected chi connectivity index (χ2v) is 9.16. The zero-order chi connectivity index (χ0) is 24.3. The van der Waals surface area contributed by atoms with Crippen LogP contribution in [0.15, 0.2) is 36.5 Å². The molecule has 1 aliphatic rings. The Morgan fingerprint density at radius 3 is 2.67 bits per heavy atom. The number of pyridine rings is 1. The Morgan fingerprint density at radius 2 is 2.09 bits per heavy atom. The normalized spacial score (nSPS) is 16.2. The lowest BCUT2D eigenvalue weighted by Gasteiger charge is -2.33. The van der Waals surface area contributed by atoms with Crippen molar-refractivity contribution in [2.24, 2.45) is 5.92 Å². The lowest BCUT2D eigenvalue weighted by molar-refractivity contribution is -0.387. The number of nitro groups is 1. The van der Waals surface area contributed by atoms with Crippen LogP contribution in [0.5, 0.6) is 5.75 Å². The Balaban J connectivity index is 1.67. The lowest BCUT2D eigenvalue weighted by atomic mass is 9.91. The van der Waals surface area contributed by atoms with Gasteiger partial charge in [-0.1, -0.05) is 24.6 Å². The predicted molar refractivity (Wildman–Crippen MR) is 122 cm³/mol. The van der Waals surface area contributed by atoms with Gasteiger partial charge in [0.2, 0.25) is 5.82 Å². The fraction of sp³-hybridized carbons (Fsp3) is 0.391. The van der Waals surface area contributed by atoms with Gasteiger partial charge in [-0.05, 0) is 50.0 Å². The number of ether oxygens (including phenoxy) is 2. The molecule has 0 aliphatic carbocycles. The monoisotopic (exact) mass is 477 g/mol. The molecule has 3 rings (SSSR count). The molecule has 0 saturated carbocycles. The van der Waals surface area contributed by atoms with E-state index in [0.29, 0.717) is 23.8 Å². The third kappa shape index (κ3) is 6.19. The Hall–Kier alpha value is -3.20. The second kappa shape index (κ2) is 9.74. The number of carbonyl (C=O) groups is 1. The molecule has 1 unspecified atom stereocenters. The first-order valence-corrected chi connectivity index (χ1v) is 10.7. The number of aromatic nitrogens is 1. The van der Waals surface area contributed by atoms with Crippen molar-refractivity contribution in [1.82, 2.24) is 9.88 Å². The van der Waals surface area contributed by atoms with E-state index >= 15 is 0 Å². The SMILES string of the molecule is CC1CN(C(=O)OC(C)(C)C)CC=C1c1cnc(COc2ccc([N+](=O)[O-])c(F)c2)c(Cl)c1. The van der Waals surface area contributed by atoms with Gasteiger partial charge in [0.05, 0.1) is 15.6 Å². The highest BCUT2D eigenvalue weighted by Crippen LogP contribution is 2.31. The molecule has 0 spiro atoms. The van der Waals surface area contributed by atoms with Crippen molar-refractivity contribution in [2.75, 3.05) is 13.1 Å². The van der Waals surface area contributed by atoms with Crippen LogP contribution in [0.25, 0.3) is 5.57 Å². The smallest absolute Gasteiger partial charge is 0.410 e.